The van der Waals surface area contributed by atoms with E-state index in [0.717, 1.165) is 28.6 Å². The molecule has 1 aromatic heterocycles. The summed E-state index contributed by atoms with van der Waals surface area (Å²) in [5.41, 5.74) is 1.16. The summed E-state index contributed by atoms with van der Waals surface area (Å²) in [7, 11) is 0. The van der Waals surface area contributed by atoms with E-state index in [9.17, 15) is 4.79 Å². The molecule has 3 rings (SSSR count). The Labute approximate surface area is 138 Å². The van der Waals surface area contributed by atoms with Crippen molar-refractivity contribution in [3.8, 4) is 5.75 Å². The number of fused-ring (bicyclic) bond motifs is 1. The Kier molecular flexibility index (Phi) is 4.85. The number of carbonyl (C=O) groups is 1. The number of amides is 2. The lowest BCUT2D eigenvalue weighted by molar-refractivity contribution is 0.190. The number of carbonyl (C=O) groups excluding carboxylic acids is 1. The van der Waals surface area contributed by atoms with Crippen molar-refractivity contribution < 1.29 is 9.53 Å². The first-order chi connectivity index (χ1) is 10.7. The number of hydrogen-bond acceptors (Lipinski definition) is 3. The lowest BCUT2D eigenvalue weighted by atomic mass is 10.1. The molecule has 0 spiro atoms. The number of hydrogen-bond donors (Lipinski definition) is 1. The first-order valence-corrected chi connectivity index (χ1v) is 8.39. The summed E-state index contributed by atoms with van der Waals surface area (Å²) in [5, 5.41) is 2.89. The van der Waals surface area contributed by atoms with Gasteiger partial charge in [-0.15, -0.1) is 11.3 Å². The largest absolute Gasteiger partial charge is 0.492 e. The number of benzene rings is 1. The summed E-state index contributed by atoms with van der Waals surface area (Å²) in [4.78, 5) is 15.3. The van der Waals surface area contributed by atoms with Crippen LogP contribution in [0, 0.1) is 0 Å². The summed E-state index contributed by atoms with van der Waals surface area (Å²) in [6.45, 7) is 2.31. The van der Waals surface area contributed by atoms with Crippen LogP contribution in [0.4, 0.5) is 4.79 Å². The fourth-order valence-electron chi connectivity index (χ4n) is 2.43. The van der Waals surface area contributed by atoms with E-state index in [4.69, 9.17) is 16.3 Å². The number of ether oxygens (including phenoxy) is 1. The molecule has 6 heteroatoms. The van der Waals surface area contributed by atoms with Gasteiger partial charge in [0, 0.05) is 18.0 Å². The van der Waals surface area contributed by atoms with Crippen LogP contribution in [0.1, 0.15) is 10.4 Å². The minimum absolute atomic E-state index is 0.0513. The second-order valence-electron chi connectivity index (χ2n) is 5.06. The summed E-state index contributed by atoms with van der Waals surface area (Å²) < 4.78 is 6.35. The van der Waals surface area contributed by atoms with Gasteiger partial charge in [-0.1, -0.05) is 29.8 Å². The van der Waals surface area contributed by atoms with E-state index < -0.39 is 0 Å². The fourth-order valence-corrected chi connectivity index (χ4v) is 3.72. The SMILES string of the molecule is O=C(NCCOc1ccccc1)N1CCc2sc(Cl)cc2C1. The van der Waals surface area contributed by atoms with Gasteiger partial charge in [0.05, 0.1) is 10.9 Å². The fraction of sp³-hybridized carbons (Fsp3) is 0.312. The third-order valence-electron chi connectivity index (χ3n) is 3.51. The van der Waals surface area contributed by atoms with Crippen LogP contribution in [0.5, 0.6) is 5.75 Å². The highest BCUT2D eigenvalue weighted by atomic mass is 35.5. The molecule has 2 aromatic rings. The van der Waals surface area contributed by atoms with Gasteiger partial charge >= 0.3 is 6.03 Å². The molecular weight excluding hydrogens is 320 g/mol. The van der Waals surface area contributed by atoms with Crippen molar-refractivity contribution in [3.05, 3.63) is 51.2 Å². The Morgan fingerprint density at radius 3 is 3.00 bits per heavy atom. The number of nitrogens with one attached hydrogen (secondary N) is 1. The van der Waals surface area contributed by atoms with E-state index >= 15 is 0 Å². The first kappa shape index (κ1) is 15.2. The molecule has 1 aliphatic rings. The van der Waals surface area contributed by atoms with E-state index in [1.165, 1.54) is 4.88 Å². The lowest BCUT2D eigenvalue weighted by Gasteiger charge is -2.27. The van der Waals surface area contributed by atoms with Crippen LogP contribution in [0.25, 0.3) is 0 Å². The van der Waals surface area contributed by atoms with Crippen LogP contribution in [0.3, 0.4) is 0 Å². The van der Waals surface area contributed by atoms with Crippen molar-refractivity contribution in [1.29, 1.82) is 0 Å². The maximum absolute atomic E-state index is 12.2. The Hall–Kier alpha value is -1.72. The molecule has 116 valence electrons. The molecule has 0 unspecified atom stereocenters. The van der Waals surface area contributed by atoms with Gasteiger partial charge in [0.1, 0.15) is 12.4 Å². The van der Waals surface area contributed by atoms with E-state index in [0.29, 0.717) is 19.7 Å². The molecule has 0 saturated heterocycles. The molecule has 1 aromatic carbocycles. The second kappa shape index (κ2) is 7.03. The number of halogens is 1. The maximum Gasteiger partial charge on any atom is 0.317 e. The summed E-state index contributed by atoms with van der Waals surface area (Å²) in [6.07, 6.45) is 0.876. The molecule has 0 radical (unpaired) electrons. The lowest BCUT2D eigenvalue weighted by Crippen LogP contribution is -2.43. The molecule has 4 nitrogen and oxygen atoms in total. The van der Waals surface area contributed by atoms with E-state index in [-0.39, 0.29) is 6.03 Å². The molecule has 0 atom stereocenters. The topological polar surface area (TPSA) is 41.6 Å². The standard InChI is InChI=1S/C16H17ClN2O2S/c17-15-10-12-11-19(8-6-14(12)22-15)16(20)18-7-9-21-13-4-2-1-3-5-13/h1-5,10H,6-9,11H2,(H,18,20). The molecule has 22 heavy (non-hydrogen) atoms. The quantitative estimate of drug-likeness (QED) is 0.867. The number of para-hydroxylation sites is 1. The van der Waals surface area contributed by atoms with Crippen molar-refractivity contribution in [2.24, 2.45) is 0 Å². The third-order valence-corrected chi connectivity index (χ3v) is 4.88. The van der Waals surface area contributed by atoms with Crippen LogP contribution in [-0.4, -0.2) is 30.6 Å². The van der Waals surface area contributed by atoms with Crippen LogP contribution in [0.15, 0.2) is 36.4 Å². The Morgan fingerprint density at radius 1 is 1.36 bits per heavy atom. The van der Waals surface area contributed by atoms with Gasteiger partial charge < -0.3 is 15.0 Å². The van der Waals surface area contributed by atoms with Gasteiger partial charge in [-0.2, -0.15) is 0 Å². The number of rotatable bonds is 4. The highest BCUT2D eigenvalue weighted by Gasteiger charge is 2.22. The average molecular weight is 337 g/mol. The van der Waals surface area contributed by atoms with Crippen LogP contribution in [-0.2, 0) is 13.0 Å². The zero-order valence-corrected chi connectivity index (χ0v) is 13.6. The minimum atomic E-state index is -0.0513. The van der Waals surface area contributed by atoms with Crippen molar-refractivity contribution >= 4 is 29.0 Å². The smallest absolute Gasteiger partial charge is 0.317 e. The van der Waals surface area contributed by atoms with Gasteiger partial charge in [-0.3, -0.25) is 0 Å². The number of nitrogens with zero attached hydrogens (tertiary/aromatic N) is 1. The molecule has 2 heterocycles. The predicted molar refractivity (Wildman–Crippen MR) is 88.8 cm³/mol. The minimum Gasteiger partial charge on any atom is -0.492 e. The van der Waals surface area contributed by atoms with Crippen molar-refractivity contribution in [3.63, 3.8) is 0 Å². The number of urea groups is 1. The molecule has 0 fully saturated rings. The summed E-state index contributed by atoms with van der Waals surface area (Å²) >= 11 is 7.63. The maximum atomic E-state index is 12.2. The summed E-state index contributed by atoms with van der Waals surface area (Å²) in [6, 6.07) is 11.5. The Balaban J connectivity index is 1.43. The molecular formula is C16H17ClN2O2S. The Morgan fingerprint density at radius 2 is 2.18 bits per heavy atom. The van der Waals surface area contributed by atoms with Crippen molar-refractivity contribution in [1.82, 2.24) is 10.2 Å². The predicted octanol–water partition coefficient (Wildman–Crippen LogP) is 3.55. The highest BCUT2D eigenvalue weighted by molar-refractivity contribution is 7.16. The highest BCUT2D eigenvalue weighted by Crippen LogP contribution is 2.31. The van der Waals surface area contributed by atoms with E-state index in [1.54, 1.807) is 11.3 Å². The molecule has 2 amide bonds. The van der Waals surface area contributed by atoms with Crippen molar-refractivity contribution in [2.45, 2.75) is 13.0 Å². The summed E-state index contributed by atoms with van der Waals surface area (Å²) in [5.74, 6) is 0.812. The van der Waals surface area contributed by atoms with Crippen LogP contribution >= 0.6 is 22.9 Å². The number of thiophene rings is 1. The zero-order valence-electron chi connectivity index (χ0n) is 12.0. The Bertz CT molecular complexity index is 645. The van der Waals surface area contributed by atoms with Gasteiger partial charge in [-0.05, 0) is 30.2 Å². The van der Waals surface area contributed by atoms with Crippen LogP contribution in [0.2, 0.25) is 4.34 Å². The molecule has 0 saturated carbocycles. The van der Waals surface area contributed by atoms with E-state index in [2.05, 4.69) is 5.32 Å². The van der Waals surface area contributed by atoms with Crippen molar-refractivity contribution in [2.75, 3.05) is 19.7 Å². The van der Waals surface area contributed by atoms with Gasteiger partial charge in [0.2, 0.25) is 0 Å². The monoisotopic (exact) mass is 336 g/mol. The molecule has 1 N–H and O–H groups in total. The zero-order chi connectivity index (χ0) is 15.4. The first-order valence-electron chi connectivity index (χ1n) is 7.20. The van der Waals surface area contributed by atoms with Gasteiger partial charge in [0.15, 0.2) is 0 Å². The average Bonchev–Trinajstić information content (AvgIpc) is 2.91. The van der Waals surface area contributed by atoms with Gasteiger partial charge in [0.25, 0.3) is 0 Å². The molecule has 0 bridgehead atoms. The van der Waals surface area contributed by atoms with E-state index in [1.807, 2.05) is 41.3 Å². The van der Waals surface area contributed by atoms with Crippen LogP contribution < -0.4 is 10.1 Å². The molecule has 1 aliphatic heterocycles. The normalized spacial score (nSPS) is 13.6. The third kappa shape index (κ3) is 3.72. The molecule has 0 aliphatic carbocycles. The second-order valence-corrected chi connectivity index (χ2v) is 6.83. The van der Waals surface area contributed by atoms with Gasteiger partial charge in [-0.25, -0.2) is 4.79 Å².